The molecule has 0 aliphatic heterocycles. The van der Waals surface area contributed by atoms with E-state index in [-0.39, 0.29) is 0 Å². The van der Waals surface area contributed by atoms with Gasteiger partial charge in [0, 0.05) is 0 Å². The molecule has 1 aliphatic carbocycles. The summed E-state index contributed by atoms with van der Waals surface area (Å²) in [7, 11) is -3.44. The number of rotatable bonds is 5. The lowest BCUT2D eigenvalue weighted by Gasteiger charge is -2.10. The maximum atomic E-state index is 11.4. The summed E-state index contributed by atoms with van der Waals surface area (Å²) in [5.74, 6) is -0.709. The number of hydrogen-bond acceptors (Lipinski definition) is 4. The van der Waals surface area contributed by atoms with Crippen LogP contribution in [0.3, 0.4) is 0 Å². The Balaban J connectivity index is 2.37. The summed E-state index contributed by atoms with van der Waals surface area (Å²) < 4.78 is 22.9. The first-order valence-electron chi connectivity index (χ1n) is 4.43. The summed E-state index contributed by atoms with van der Waals surface area (Å²) in [6, 6.07) is 0. The van der Waals surface area contributed by atoms with Crippen LogP contribution in [0.5, 0.6) is 0 Å². The standard InChI is InChI=1S/C7H14N2O4S/c8-7(10)5-13-9-14(11,12)6-3-1-2-4-6/h6,9H,1-5H2,(H2,8,10). The Morgan fingerprint density at radius 3 is 2.50 bits per heavy atom. The first-order valence-corrected chi connectivity index (χ1v) is 5.98. The van der Waals surface area contributed by atoms with Gasteiger partial charge in [0.05, 0.1) is 5.25 Å². The molecule has 6 nitrogen and oxygen atoms in total. The third-order valence-electron chi connectivity index (χ3n) is 2.13. The van der Waals surface area contributed by atoms with Crippen molar-refractivity contribution in [2.45, 2.75) is 30.9 Å². The fourth-order valence-corrected chi connectivity index (χ4v) is 2.76. The monoisotopic (exact) mass is 222 g/mol. The summed E-state index contributed by atoms with van der Waals surface area (Å²) in [5, 5.41) is -0.393. The zero-order valence-corrected chi connectivity index (χ0v) is 8.55. The molecule has 1 saturated carbocycles. The molecule has 0 aromatic carbocycles. The van der Waals surface area contributed by atoms with Crippen molar-refractivity contribution in [2.24, 2.45) is 5.73 Å². The molecule has 7 heteroatoms. The van der Waals surface area contributed by atoms with Gasteiger partial charge in [-0.3, -0.25) is 9.63 Å². The molecule has 1 amide bonds. The van der Waals surface area contributed by atoms with Crippen LogP contribution in [0.15, 0.2) is 0 Å². The molecule has 14 heavy (non-hydrogen) atoms. The second kappa shape index (κ2) is 4.72. The van der Waals surface area contributed by atoms with Crippen molar-refractivity contribution in [1.82, 2.24) is 4.89 Å². The van der Waals surface area contributed by atoms with Gasteiger partial charge in [0.15, 0.2) is 0 Å². The van der Waals surface area contributed by atoms with Crippen LogP contribution < -0.4 is 10.6 Å². The van der Waals surface area contributed by atoms with Gasteiger partial charge in [-0.2, -0.15) is 0 Å². The van der Waals surface area contributed by atoms with Crippen molar-refractivity contribution >= 4 is 15.9 Å². The van der Waals surface area contributed by atoms with E-state index >= 15 is 0 Å². The summed E-state index contributed by atoms with van der Waals surface area (Å²) in [6.07, 6.45) is 3.13. The first kappa shape index (κ1) is 11.4. The molecule has 0 heterocycles. The van der Waals surface area contributed by atoms with Gasteiger partial charge in [-0.25, -0.2) is 8.42 Å². The molecule has 0 aromatic rings. The van der Waals surface area contributed by atoms with Crippen LogP contribution in [0.1, 0.15) is 25.7 Å². The van der Waals surface area contributed by atoms with Crippen LogP contribution in [0, 0.1) is 0 Å². The molecule has 0 aromatic heterocycles. The predicted octanol–water partition coefficient (Wildman–Crippen LogP) is -0.735. The molecular formula is C7H14N2O4S. The molecule has 0 radical (unpaired) electrons. The van der Waals surface area contributed by atoms with E-state index in [1.807, 2.05) is 4.89 Å². The molecule has 82 valence electrons. The topological polar surface area (TPSA) is 98.5 Å². The lowest BCUT2D eigenvalue weighted by Crippen LogP contribution is -2.35. The van der Waals surface area contributed by atoms with Gasteiger partial charge in [0.1, 0.15) is 6.61 Å². The molecule has 3 N–H and O–H groups in total. The fraction of sp³-hybridized carbons (Fsp3) is 0.857. The van der Waals surface area contributed by atoms with Gasteiger partial charge in [0.2, 0.25) is 15.9 Å². The smallest absolute Gasteiger partial charge is 0.245 e. The molecular weight excluding hydrogens is 208 g/mol. The number of amides is 1. The average Bonchev–Trinajstić information content (AvgIpc) is 2.54. The summed E-state index contributed by atoms with van der Waals surface area (Å²) in [6.45, 7) is -0.439. The number of nitrogens with one attached hydrogen (secondary N) is 1. The van der Waals surface area contributed by atoms with Crippen molar-refractivity contribution in [3.8, 4) is 0 Å². The summed E-state index contributed by atoms with van der Waals surface area (Å²) in [4.78, 5) is 16.6. The van der Waals surface area contributed by atoms with Gasteiger partial charge in [-0.05, 0) is 12.8 Å². The molecule has 1 aliphatic rings. The van der Waals surface area contributed by atoms with E-state index in [4.69, 9.17) is 5.73 Å². The number of carbonyl (C=O) groups is 1. The minimum atomic E-state index is -3.44. The van der Waals surface area contributed by atoms with Crippen LogP contribution in [-0.4, -0.2) is 26.2 Å². The van der Waals surface area contributed by atoms with Crippen LogP contribution in [-0.2, 0) is 19.7 Å². The second-order valence-electron chi connectivity index (χ2n) is 3.29. The van der Waals surface area contributed by atoms with Gasteiger partial charge in [-0.15, -0.1) is 0 Å². The summed E-state index contributed by atoms with van der Waals surface area (Å²) in [5.41, 5.74) is 4.78. The molecule has 0 bridgehead atoms. The Bertz CT molecular complexity index is 295. The minimum Gasteiger partial charge on any atom is -0.368 e. The van der Waals surface area contributed by atoms with E-state index < -0.39 is 27.8 Å². The largest absolute Gasteiger partial charge is 0.368 e. The number of sulfonamides is 1. The lowest BCUT2D eigenvalue weighted by molar-refractivity contribution is -0.123. The molecule has 0 unspecified atom stereocenters. The maximum Gasteiger partial charge on any atom is 0.245 e. The SMILES string of the molecule is NC(=O)CONS(=O)(=O)C1CCCC1. The third kappa shape index (κ3) is 3.24. The Hall–Kier alpha value is -0.660. The molecule has 1 rings (SSSR count). The van der Waals surface area contributed by atoms with Crippen molar-refractivity contribution in [3.05, 3.63) is 0 Å². The Morgan fingerprint density at radius 1 is 1.43 bits per heavy atom. The predicted molar refractivity (Wildman–Crippen MR) is 49.5 cm³/mol. The van der Waals surface area contributed by atoms with Gasteiger partial charge in [0.25, 0.3) is 0 Å². The van der Waals surface area contributed by atoms with Crippen LogP contribution in [0.4, 0.5) is 0 Å². The van der Waals surface area contributed by atoms with E-state index in [1.54, 1.807) is 0 Å². The van der Waals surface area contributed by atoms with Crippen molar-refractivity contribution < 1.29 is 18.0 Å². The van der Waals surface area contributed by atoms with Crippen molar-refractivity contribution in [3.63, 3.8) is 0 Å². The van der Waals surface area contributed by atoms with E-state index in [2.05, 4.69) is 4.84 Å². The minimum absolute atomic E-state index is 0.393. The molecule has 0 atom stereocenters. The zero-order valence-electron chi connectivity index (χ0n) is 7.73. The van der Waals surface area contributed by atoms with Gasteiger partial charge in [-0.1, -0.05) is 17.7 Å². The van der Waals surface area contributed by atoms with Crippen molar-refractivity contribution in [2.75, 3.05) is 6.61 Å². The Morgan fingerprint density at radius 2 is 2.00 bits per heavy atom. The van der Waals surface area contributed by atoms with E-state index in [9.17, 15) is 13.2 Å². The number of hydrogen-bond donors (Lipinski definition) is 2. The van der Waals surface area contributed by atoms with E-state index in [0.717, 1.165) is 12.8 Å². The second-order valence-corrected chi connectivity index (χ2v) is 5.21. The maximum absolute atomic E-state index is 11.4. The molecule has 0 saturated heterocycles. The fourth-order valence-electron chi connectivity index (χ4n) is 1.45. The normalized spacial score (nSPS) is 18.6. The quantitative estimate of drug-likeness (QED) is 0.599. The molecule has 1 fully saturated rings. The summed E-state index contributed by atoms with van der Waals surface area (Å²) >= 11 is 0. The van der Waals surface area contributed by atoms with Gasteiger partial charge >= 0.3 is 0 Å². The number of primary amides is 1. The first-order chi connectivity index (χ1) is 6.52. The Kier molecular flexibility index (Phi) is 3.85. The van der Waals surface area contributed by atoms with Gasteiger partial charge < -0.3 is 5.73 Å². The highest BCUT2D eigenvalue weighted by Gasteiger charge is 2.28. The third-order valence-corrected chi connectivity index (χ3v) is 3.83. The van der Waals surface area contributed by atoms with E-state index in [1.165, 1.54) is 0 Å². The van der Waals surface area contributed by atoms with Crippen molar-refractivity contribution in [1.29, 1.82) is 0 Å². The van der Waals surface area contributed by atoms with Crippen LogP contribution in [0.2, 0.25) is 0 Å². The highest BCUT2D eigenvalue weighted by molar-refractivity contribution is 7.90. The number of nitrogens with two attached hydrogens (primary N) is 1. The number of carbonyl (C=O) groups excluding carboxylic acids is 1. The highest BCUT2D eigenvalue weighted by atomic mass is 32.2. The van der Waals surface area contributed by atoms with Crippen LogP contribution >= 0.6 is 0 Å². The zero-order chi connectivity index (χ0) is 10.6. The molecule has 0 spiro atoms. The Labute approximate surface area is 82.8 Å². The van der Waals surface area contributed by atoms with Crippen LogP contribution in [0.25, 0.3) is 0 Å². The lowest BCUT2D eigenvalue weighted by atomic mass is 10.4. The average molecular weight is 222 g/mol. The van der Waals surface area contributed by atoms with E-state index in [0.29, 0.717) is 12.8 Å². The highest BCUT2D eigenvalue weighted by Crippen LogP contribution is 2.23.